The molecule has 2 N–H and O–H groups in total. The zero-order chi connectivity index (χ0) is 14.6. The maximum absolute atomic E-state index is 11.1. The summed E-state index contributed by atoms with van der Waals surface area (Å²) in [7, 11) is 0. The lowest BCUT2D eigenvalue weighted by atomic mass is 10.0. The van der Waals surface area contributed by atoms with Gasteiger partial charge in [0.1, 0.15) is 6.04 Å². The number of nitro groups is 1. The average Bonchev–Trinajstić information content (AvgIpc) is 2.29. The van der Waals surface area contributed by atoms with Crippen LogP contribution in [0.2, 0.25) is 0 Å². The van der Waals surface area contributed by atoms with Crippen LogP contribution in [-0.4, -0.2) is 27.0 Å². The van der Waals surface area contributed by atoms with Crippen LogP contribution in [0.3, 0.4) is 0 Å². The molecule has 1 aromatic rings. The molecule has 0 fully saturated rings. The van der Waals surface area contributed by atoms with Crippen LogP contribution in [0.25, 0.3) is 0 Å². The molecule has 1 atom stereocenters. The summed E-state index contributed by atoms with van der Waals surface area (Å²) in [6.45, 7) is 3.75. The molecule has 19 heavy (non-hydrogen) atoms. The molecule has 0 saturated heterocycles. The number of hydrogen-bond acceptors (Lipinski definition) is 5. The summed E-state index contributed by atoms with van der Waals surface area (Å²) in [5.41, 5.74) is -0.260. The topological polar surface area (TPSA) is 105 Å². The van der Waals surface area contributed by atoms with Crippen LogP contribution >= 0.6 is 15.9 Å². The molecule has 1 rings (SSSR count). The highest BCUT2D eigenvalue weighted by molar-refractivity contribution is 9.10. The standard InChI is InChI=1S/C11H14BrN3O4/c1-6(2)3-8(11(16)17)14-10-9(15(18)19)4-7(12)5-13-10/h4-6,8H,3H2,1-2H3,(H,13,14)(H,16,17). The van der Waals surface area contributed by atoms with Crippen LogP contribution in [0.4, 0.5) is 11.5 Å². The summed E-state index contributed by atoms with van der Waals surface area (Å²) in [5, 5.41) is 22.6. The zero-order valence-electron chi connectivity index (χ0n) is 10.5. The molecule has 0 radical (unpaired) electrons. The van der Waals surface area contributed by atoms with E-state index in [9.17, 15) is 14.9 Å². The lowest BCUT2D eigenvalue weighted by molar-refractivity contribution is -0.384. The number of carboxylic acid groups (broad SMARTS) is 1. The van der Waals surface area contributed by atoms with Crippen LogP contribution in [0.5, 0.6) is 0 Å². The molecule has 0 saturated carbocycles. The smallest absolute Gasteiger partial charge is 0.326 e. The van der Waals surface area contributed by atoms with E-state index in [1.165, 1.54) is 12.3 Å². The second-order valence-corrected chi connectivity index (χ2v) is 5.36. The first-order valence-corrected chi connectivity index (χ1v) is 6.39. The summed E-state index contributed by atoms with van der Waals surface area (Å²) in [6, 6.07) is 0.372. The van der Waals surface area contributed by atoms with Crippen molar-refractivity contribution in [3.05, 3.63) is 26.9 Å². The van der Waals surface area contributed by atoms with Gasteiger partial charge < -0.3 is 10.4 Å². The van der Waals surface area contributed by atoms with Crippen molar-refractivity contribution in [2.24, 2.45) is 5.92 Å². The molecular formula is C11H14BrN3O4. The number of anilines is 1. The molecule has 0 aliphatic carbocycles. The second kappa shape index (κ2) is 6.46. The lowest BCUT2D eigenvalue weighted by Crippen LogP contribution is -2.31. The molecule has 0 aliphatic rings. The molecule has 104 valence electrons. The Morgan fingerprint density at radius 3 is 2.74 bits per heavy atom. The molecule has 0 aliphatic heterocycles. The van der Waals surface area contributed by atoms with E-state index in [-0.39, 0.29) is 17.4 Å². The first-order chi connectivity index (χ1) is 8.81. The first-order valence-electron chi connectivity index (χ1n) is 5.60. The molecule has 0 amide bonds. The third kappa shape index (κ3) is 4.47. The molecule has 0 bridgehead atoms. The molecule has 1 heterocycles. The van der Waals surface area contributed by atoms with Crippen LogP contribution in [0.1, 0.15) is 20.3 Å². The number of aromatic nitrogens is 1. The summed E-state index contributed by atoms with van der Waals surface area (Å²) >= 11 is 3.09. The third-order valence-electron chi connectivity index (χ3n) is 2.35. The Kier molecular flexibility index (Phi) is 5.22. The number of carboxylic acids is 1. The number of carbonyl (C=O) groups is 1. The molecule has 7 nitrogen and oxygen atoms in total. The normalized spacial score (nSPS) is 12.2. The second-order valence-electron chi connectivity index (χ2n) is 4.44. The number of halogens is 1. The number of aliphatic carboxylic acids is 1. The van der Waals surface area contributed by atoms with Gasteiger partial charge in [0.25, 0.3) is 0 Å². The van der Waals surface area contributed by atoms with E-state index in [0.717, 1.165) is 0 Å². The van der Waals surface area contributed by atoms with Crippen molar-refractivity contribution < 1.29 is 14.8 Å². The van der Waals surface area contributed by atoms with Gasteiger partial charge in [0.15, 0.2) is 0 Å². The van der Waals surface area contributed by atoms with E-state index >= 15 is 0 Å². The number of pyridine rings is 1. The van der Waals surface area contributed by atoms with Crippen molar-refractivity contribution in [2.45, 2.75) is 26.3 Å². The van der Waals surface area contributed by atoms with Crippen LogP contribution < -0.4 is 5.32 Å². The summed E-state index contributed by atoms with van der Waals surface area (Å²) in [5.74, 6) is -0.961. The Bertz CT molecular complexity index is 493. The monoisotopic (exact) mass is 331 g/mol. The molecule has 0 aromatic carbocycles. The van der Waals surface area contributed by atoms with E-state index < -0.39 is 16.9 Å². The van der Waals surface area contributed by atoms with Gasteiger partial charge in [-0.15, -0.1) is 0 Å². The summed E-state index contributed by atoms with van der Waals surface area (Å²) in [6.07, 6.45) is 1.73. The van der Waals surface area contributed by atoms with E-state index in [1.807, 2.05) is 13.8 Å². The van der Waals surface area contributed by atoms with E-state index in [1.54, 1.807) is 0 Å². The molecule has 1 aromatic heterocycles. The Morgan fingerprint density at radius 2 is 2.26 bits per heavy atom. The molecule has 0 spiro atoms. The highest BCUT2D eigenvalue weighted by atomic mass is 79.9. The minimum Gasteiger partial charge on any atom is -0.480 e. The van der Waals surface area contributed by atoms with Crippen LogP contribution in [-0.2, 0) is 4.79 Å². The molecule has 1 unspecified atom stereocenters. The first kappa shape index (κ1) is 15.4. The van der Waals surface area contributed by atoms with Gasteiger partial charge in [-0.2, -0.15) is 0 Å². The average molecular weight is 332 g/mol. The number of nitrogens with zero attached hydrogens (tertiary/aromatic N) is 2. The third-order valence-corrected chi connectivity index (χ3v) is 2.78. The van der Waals surface area contributed by atoms with Gasteiger partial charge in [-0.25, -0.2) is 9.78 Å². The van der Waals surface area contributed by atoms with E-state index in [0.29, 0.717) is 10.9 Å². The maximum atomic E-state index is 11.1. The fourth-order valence-electron chi connectivity index (χ4n) is 1.54. The van der Waals surface area contributed by atoms with Crippen molar-refractivity contribution in [2.75, 3.05) is 5.32 Å². The fourth-order valence-corrected chi connectivity index (χ4v) is 1.86. The molecular weight excluding hydrogens is 318 g/mol. The van der Waals surface area contributed by atoms with Gasteiger partial charge in [-0.05, 0) is 28.3 Å². The van der Waals surface area contributed by atoms with Crippen molar-refractivity contribution in [3.8, 4) is 0 Å². The van der Waals surface area contributed by atoms with Crippen LogP contribution in [0, 0.1) is 16.0 Å². The SMILES string of the molecule is CC(C)CC(Nc1ncc(Br)cc1[N+](=O)[O-])C(=O)O. The van der Waals surface area contributed by atoms with Gasteiger partial charge >= 0.3 is 11.7 Å². The number of hydrogen-bond donors (Lipinski definition) is 2. The van der Waals surface area contributed by atoms with E-state index in [4.69, 9.17) is 5.11 Å². The fraction of sp³-hybridized carbons (Fsp3) is 0.455. The molecule has 8 heteroatoms. The van der Waals surface area contributed by atoms with Crippen molar-refractivity contribution in [1.29, 1.82) is 0 Å². The Balaban J connectivity index is 3.02. The highest BCUT2D eigenvalue weighted by Gasteiger charge is 2.24. The minimum atomic E-state index is -1.06. The number of rotatable bonds is 6. The van der Waals surface area contributed by atoms with Crippen LogP contribution in [0.15, 0.2) is 16.7 Å². The largest absolute Gasteiger partial charge is 0.480 e. The van der Waals surface area contributed by atoms with Crippen molar-refractivity contribution in [1.82, 2.24) is 4.98 Å². The quantitative estimate of drug-likeness (QED) is 0.613. The predicted octanol–water partition coefficient (Wildman–Crippen LogP) is 2.66. The zero-order valence-corrected chi connectivity index (χ0v) is 12.0. The Hall–Kier alpha value is -1.70. The van der Waals surface area contributed by atoms with Gasteiger partial charge in [0.2, 0.25) is 5.82 Å². The highest BCUT2D eigenvalue weighted by Crippen LogP contribution is 2.26. The number of nitrogens with one attached hydrogen (secondary N) is 1. The Labute approximate surface area is 118 Å². The predicted molar refractivity (Wildman–Crippen MR) is 73.1 cm³/mol. The van der Waals surface area contributed by atoms with Gasteiger partial charge in [-0.1, -0.05) is 13.8 Å². The van der Waals surface area contributed by atoms with Gasteiger partial charge in [0.05, 0.1) is 4.92 Å². The van der Waals surface area contributed by atoms with Gasteiger partial charge in [0, 0.05) is 16.7 Å². The lowest BCUT2D eigenvalue weighted by Gasteiger charge is -2.16. The van der Waals surface area contributed by atoms with Crippen molar-refractivity contribution in [3.63, 3.8) is 0 Å². The minimum absolute atomic E-state index is 0.0405. The van der Waals surface area contributed by atoms with E-state index in [2.05, 4.69) is 26.2 Å². The van der Waals surface area contributed by atoms with Gasteiger partial charge in [-0.3, -0.25) is 10.1 Å². The Morgan fingerprint density at radius 1 is 1.63 bits per heavy atom. The maximum Gasteiger partial charge on any atom is 0.326 e. The summed E-state index contributed by atoms with van der Waals surface area (Å²) < 4.78 is 0.459. The summed E-state index contributed by atoms with van der Waals surface area (Å²) in [4.78, 5) is 25.3. The van der Waals surface area contributed by atoms with Crippen molar-refractivity contribution >= 4 is 33.4 Å².